The van der Waals surface area contributed by atoms with Crippen molar-refractivity contribution in [3.8, 4) is 5.75 Å². The minimum absolute atomic E-state index is 0.340. The summed E-state index contributed by atoms with van der Waals surface area (Å²) in [6.45, 7) is 0.374. The van der Waals surface area contributed by atoms with Crippen LogP contribution in [-0.2, 0) is 0 Å². The smallest absolute Gasteiger partial charge is 0.269 e. The van der Waals surface area contributed by atoms with Gasteiger partial charge < -0.3 is 14.9 Å². The molecule has 28 heavy (non-hydrogen) atoms. The maximum Gasteiger partial charge on any atom is 0.269 e. The molecule has 8 nitrogen and oxygen atoms in total. The average Bonchev–Trinajstić information content (AvgIpc) is 3.12. The first-order valence-electron chi connectivity index (χ1n) is 8.42. The van der Waals surface area contributed by atoms with E-state index in [-0.39, 0.29) is 5.91 Å². The van der Waals surface area contributed by atoms with Gasteiger partial charge in [-0.3, -0.25) is 14.9 Å². The van der Waals surface area contributed by atoms with E-state index in [1.807, 2.05) is 12.1 Å². The number of rotatable bonds is 8. The molecule has 3 rings (SSSR count). The van der Waals surface area contributed by atoms with Crippen LogP contribution in [0.1, 0.15) is 16.8 Å². The molecule has 2 aromatic carbocycles. The number of fused-ring (bicyclic) bond motifs is 1. The first-order valence-corrected chi connectivity index (χ1v) is 10.3. The molecule has 0 radical (unpaired) electrons. The molecule has 1 aromatic heterocycles. The Morgan fingerprint density at radius 2 is 2.11 bits per heavy atom. The fraction of sp³-hybridized carbons (Fsp3) is 0.222. The standard InChI is InChI=1S/C18H21N5O3S2/c1-25-11-3-6-15-16(9-11)26-18(22-15)27-8-2-7-23(20)17(24)13-10-12(28-21)4-5-14(13)19/h3-6,9-10H,2,7-8,19-21H2,1H3. The van der Waals surface area contributed by atoms with Gasteiger partial charge in [-0.1, -0.05) is 11.8 Å². The Bertz CT molecular complexity index is 979. The first-order chi connectivity index (χ1) is 13.5. The van der Waals surface area contributed by atoms with Gasteiger partial charge in [0.15, 0.2) is 5.58 Å². The summed E-state index contributed by atoms with van der Waals surface area (Å²) < 4.78 is 10.9. The fourth-order valence-electron chi connectivity index (χ4n) is 2.52. The lowest BCUT2D eigenvalue weighted by Gasteiger charge is -2.17. The number of carbonyl (C=O) groups excluding carboxylic acids is 1. The molecule has 0 saturated heterocycles. The molecule has 0 atom stereocenters. The third-order valence-electron chi connectivity index (χ3n) is 4.00. The number of anilines is 1. The van der Waals surface area contributed by atoms with Gasteiger partial charge in [-0.2, -0.15) is 0 Å². The van der Waals surface area contributed by atoms with Crippen molar-refractivity contribution in [1.29, 1.82) is 0 Å². The van der Waals surface area contributed by atoms with E-state index in [4.69, 9.17) is 25.9 Å². The highest BCUT2D eigenvalue weighted by molar-refractivity contribution is 7.99. The van der Waals surface area contributed by atoms with Crippen LogP contribution in [0.4, 0.5) is 5.69 Å². The SMILES string of the molecule is COc1ccc2nc(SCCCN(N)C(=O)c3cc(SN)ccc3N)oc2c1. The minimum atomic E-state index is -0.340. The van der Waals surface area contributed by atoms with Crippen molar-refractivity contribution in [3.63, 3.8) is 0 Å². The van der Waals surface area contributed by atoms with Gasteiger partial charge in [0.25, 0.3) is 11.1 Å². The van der Waals surface area contributed by atoms with Crippen molar-refractivity contribution < 1.29 is 13.9 Å². The Labute approximate surface area is 170 Å². The van der Waals surface area contributed by atoms with E-state index in [0.717, 1.165) is 27.4 Å². The van der Waals surface area contributed by atoms with Gasteiger partial charge in [-0.05, 0) is 48.7 Å². The Kier molecular flexibility index (Phi) is 6.68. The fourth-order valence-corrected chi connectivity index (χ4v) is 3.61. The number of nitrogens with two attached hydrogens (primary N) is 3. The third-order valence-corrected chi connectivity index (χ3v) is 5.44. The second kappa shape index (κ2) is 9.20. The Hall–Kier alpha value is -2.40. The summed E-state index contributed by atoms with van der Waals surface area (Å²) in [5, 5.41) is 7.26. The summed E-state index contributed by atoms with van der Waals surface area (Å²) in [6.07, 6.45) is 0.667. The number of oxazole rings is 1. The normalized spacial score (nSPS) is 11.0. The Balaban J connectivity index is 1.52. The highest BCUT2D eigenvalue weighted by Gasteiger charge is 2.16. The van der Waals surface area contributed by atoms with E-state index in [1.165, 1.54) is 11.8 Å². The largest absolute Gasteiger partial charge is 0.497 e. The summed E-state index contributed by atoms with van der Waals surface area (Å²) in [4.78, 5) is 17.7. The molecule has 0 spiro atoms. The number of hydrogen-bond acceptors (Lipinski definition) is 9. The molecule has 1 heterocycles. The second-order valence-corrected chi connectivity index (χ2v) is 7.63. The van der Waals surface area contributed by atoms with Crippen molar-refractivity contribution in [3.05, 3.63) is 42.0 Å². The lowest BCUT2D eigenvalue weighted by atomic mass is 10.1. The van der Waals surface area contributed by atoms with E-state index in [9.17, 15) is 4.79 Å². The van der Waals surface area contributed by atoms with Crippen molar-refractivity contribution in [1.82, 2.24) is 9.99 Å². The van der Waals surface area contributed by atoms with Crippen LogP contribution in [0.15, 0.2) is 50.9 Å². The van der Waals surface area contributed by atoms with E-state index in [2.05, 4.69) is 4.98 Å². The van der Waals surface area contributed by atoms with Crippen LogP contribution in [0.3, 0.4) is 0 Å². The Morgan fingerprint density at radius 3 is 2.86 bits per heavy atom. The summed E-state index contributed by atoms with van der Waals surface area (Å²) >= 11 is 2.51. The topological polar surface area (TPSA) is 134 Å². The molecule has 148 valence electrons. The van der Waals surface area contributed by atoms with Crippen LogP contribution in [0.2, 0.25) is 0 Å². The quantitative estimate of drug-likeness (QED) is 0.0958. The molecule has 0 aliphatic carbocycles. The lowest BCUT2D eigenvalue weighted by Crippen LogP contribution is -2.38. The second-order valence-electron chi connectivity index (χ2n) is 5.88. The summed E-state index contributed by atoms with van der Waals surface area (Å²) in [5.41, 5.74) is 8.04. The number of hydrazine groups is 1. The molecule has 0 aliphatic rings. The third kappa shape index (κ3) is 4.71. The first kappa shape index (κ1) is 20.3. The zero-order valence-corrected chi connectivity index (χ0v) is 16.9. The maximum atomic E-state index is 12.5. The molecule has 3 aromatic rings. The average molecular weight is 420 g/mol. The van der Waals surface area contributed by atoms with Crippen molar-refractivity contribution in [2.45, 2.75) is 16.5 Å². The van der Waals surface area contributed by atoms with E-state index in [1.54, 1.807) is 31.4 Å². The monoisotopic (exact) mass is 419 g/mol. The molecule has 0 aliphatic heterocycles. The van der Waals surface area contributed by atoms with Gasteiger partial charge in [-0.25, -0.2) is 10.8 Å². The molecule has 10 heteroatoms. The highest BCUT2D eigenvalue weighted by Crippen LogP contribution is 2.27. The summed E-state index contributed by atoms with van der Waals surface area (Å²) in [6, 6.07) is 10.5. The zero-order valence-electron chi connectivity index (χ0n) is 15.3. The van der Waals surface area contributed by atoms with Gasteiger partial charge in [-0.15, -0.1) is 0 Å². The molecule has 0 saturated carbocycles. The minimum Gasteiger partial charge on any atom is -0.497 e. The van der Waals surface area contributed by atoms with Gasteiger partial charge in [0.2, 0.25) is 0 Å². The van der Waals surface area contributed by atoms with E-state index < -0.39 is 0 Å². The number of amides is 1. The van der Waals surface area contributed by atoms with Crippen LogP contribution in [0, 0.1) is 0 Å². The molecule has 6 N–H and O–H groups in total. The van der Waals surface area contributed by atoms with E-state index >= 15 is 0 Å². The lowest BCUT2D eigenvalue weighted by molar-refractivity contribution is 0.0757. The maximum absolute atomic E-state index is 12.5. The van der Waals surface area contributed by atoms with Gasteiger partial charge in [0.1, 0.15) is 11.3 Å². The van der Waals surface area contributed by atoms with Crippen LogP contribution in [0.25, 0.3) is 11.1 Å². The number of benzene rings is 2. The highest BCUT2D eigenvalue weighted by atomic mass is 32.2. The predicted octanol–water partition coefficient (Wildman–Crippen LogP) is 2.88. The number of nitrogens with zero attached hydrogens (tertiary/aromatic N) is 2. The van der Waals surface area contributed by atoms with Crippen LogP contribution >= 0.6 is 23.7 Å². The number of nitrogen functional groups attached to an aromatic ring is 1. The Morgan fingerprint density at radius 1 is 1.29 bits per heavy atom. The molecular weight excluding hydrogens is 398 g/mol. The van der Waals surface area contributed by atoms with Crippen molar-refractivity contribution in [2.24, 2.45) is 11.0 Å². The van der Waals surface area contributed by atoms with Crippen molar-refractivity contribution >= 4 is 46.4 Å². The molecule has 1 amide bonds. The van der Waals surface area contributed by atoms with Crippen molar-refractivity contribution in [2.75, 3.05) is 25.1 Å². The molecular formula is C18H21N5O3S2. The number of ether oxygens (including phenoxy) is 1. The summed E-state index contributed by atoms with van der Waals surface area (Å²) in [5.74, 6) is 6.98. The predicted molar refractivity (Wildman–Crippen MR) is 112 cm³/mol. The van der Waals surface area contributed by atoms with Crippen LogP contribution in [0.5, 0.6) is 5.75 Å². The van der Waals surface area contributed by atoms with Gasteiger partial charge in [0.05, 0.1) is 12.7 Å². The van der Waals surface area contributed by atoms with Crippen LogP contribution in [-0.4, -0.2) is 35.3 Å². The number of methoxy groups -OCH3 is 1. The number of thioether (sulfide) groups is 1. The molecule has 0 bridgehead atoms. The van der Waals surface area contributed by atoms with Gasteiger partial charge in [0, 0.05) is 28.9 Å². The number of carbonyl (C=O) groups is 1. The molecule has 0 fully saturated rings. The number of aromatic nitrogens is 1. The summed E-state index contributed by atoms with van der Waals surface area (Å²) in [7, 11) is 1.60. The molecule has 0 unspecified atom stereocenters. The number of hydrogen-bond donors (Lipinski definition) is 3. The van der Waals surface area contributed by atoms with Gasteiger partial charge >= 0.3 is 0 Å². The van der Waals surface area contributed by atoms with Crippen LogP contribution < -0.4 is 21.5 Å². The van der Waals surface area contributed by atoms with E-state index in [0.29, 0.717) is 46.5 Å². The zero-order chi connectivity index (χ0) is 20.1.